The molecule has 0 aliphatic heterocycles. The molecule has 2 N–H and O–H groups in total. The average Bonchev–Trinajstić information content (AvgIpc) is 2.79. The van der Waals surface area contributed by atoms with Crippen LogP contribution in [0.1, 0.15) is 23.6 Å². The molecule has 31 heavy (non-hydrogen) atoms. The molecule has 0 radical (unpaired) electrons. The molecule has 0 fully saturated rings. The number of hydrogen-bond donors (Lipinski definition) is 2. The van der Waals surface area contributed by atoms with Crippen LogP contribution in [0.4, 0.5) is 5.69 Å². The highest BCUT2D eigenvalue weighted by Crippen LogP contribution is 2.28. The van der Waals surface area contributed by atoms with E-state index in [2.05, 4.69) is 15.8 Å². The first-order valence-corrected chi connectivity index (χ1v) is 10.2. The van der Waals surface area contributed by atoms with Crippen LogP contribution in [0.25, 0.3) is 0 Å². The van der Waals surface area contributed by atoms with Gasteiger partial charge in [0.2, 0.25) is 0 Å². The minimum absolute atomic E-state index is 0.136. The van der Waals surface area contributed by atoms with Crippen LogP contribution in [-0.4, -0.2) is 25.3 Å². The Balaban J connectivity index is 1.53. The van der Waals surface area contributed by atoms with Gasteiger partial charge in [-0.1, -0.05) is 48.0 Å². The second-order valence-electron chi connectivity index (χ2n) is 6.93. The van der Waals surface area contributed by atoms with E-state index in [1.165, 1.54) is 5.56 Å². The minimum Gasteiger partial charge on any atom is -0.490 e. The average molecular weight is 418 g/mol. The van der Waals surface area contributed by atoms with E-state index in [0.29, 0.717) is 24.7 Å². The summed E-state index contributed by atoms with van der Waals surface area (Å²) in [5, 5.41) is 7.09. The maximum Gasteiger partial charge on any atom is 0.259 e. The number of rotatable bonds is 10. The maximum atomic E-state index is 12.0. The number of nitrogens with zero attached hydrogens (tertiary/aromatic N) is 1. The Morgan fingerprint density at radius 1 is 0.968 bits per heavy atom. The second-order valence-corrected chi connectivity index (χ2v) is 6.93. The SMILES string of the molecule is CCOc1cc(/C=N/NC(=O)CNc2ccc(C)cc2)ccc1OCc1ccccc1. The summed E-state index contributed by atoms with van der Waals surface area (Å²) >= 11 is 0. The molecule has 0 saturated carbocycles. The molecule has 3 rings (SSSR count). The molecule has 0 bridgehead atoms. The van der Waals surface area contributed by atoms with Crippen molar-refractivity contribution in [3.8, 4) is 11.5 Å². The lowest BCUT2D eigenvalue weighted by atomic mass is 10.2. The van der Waals surface area contributed by atoms with Crippen molar-refractivity contribution in [2.24, 2.45) is 5.10 Å². The van der Waals surface area contributed by atoms with Gasteiger partial charge in [-0.2, -0.15) is 5.10 Å². The number of carbonyl (C=O) groups is 1. The lowest BCUT2D eigenvalue weighted by Crippen LogP contribution is -2.25. The van der Waals surface area contributed by atoms with E-state index in [0.717, 1.165) is 16.8 Å². The number of benzene rings is 3. The Kier molecular flexibility index (Phi) is 8.05. The molecule has 160 valence electrons. The van der Waals surface area contributed by atoms with Gasteiger partial charge in [0.15, 0.2) is 11.5 Å². The van der Waals surface area contributed by atoms with Crippen molar-refractivity contribution < 1.29 is 14.3 Å². The highest BCUT2D eigenvalue weighted by Gasteiger charge is 2.07. The van der Waals surface area contributed by atoms with Crippen LogP contribution in [0.3, 0.4) is 0 Å². The van der Waals surface area contributed by atoms with Gasteiger partial charge in [0.05, 0.1) is 19.4 Å². The van der Waals surface area contributed by atoms with E-state index in [-0.39, 0.29) is 12.5 Å². The minimum atomic E-state index is -0.232. The summed E-state index contributed by atoms with van der Waals surface area (Å²) in [6.45, 7) is 5.05. The molecule has 0 spiro atoms. The third kappa shape index (κ3) is 7.19. The number of hydrogen-bond acceptors (Lipinski definition) is 5. The Hall–Kier alpha value is -3.80. The Morgan fingerprint density at radius 3 is 2.48 bits per heavy atom. The molecule has 0 saturated heterocycles. The fourth-order valence-electron chi connectivity index (χ4n) is 2.80. The van der Waals surface area contributed by atoms with Crippen molar-refractivity contribution in [3.05, 3.63) is 89.5 Å². The number of ether oxygens (including phenoxy) is 2. The quantitative estimate of drug-likeness (QED) is 0.375. The monoisotopic (exact) mass is 417 g/mol. The van der Waals surface area contributed by atoms with Crippen molar-refractivity contribution in [2.75, 3.05) is 18.5 Å². The molecule has 0 atom stereocenters. The summed E-state index contributed by atoms with van der Waals surface area (Å²) in [7, 11) is 0. The fourth-order valence-corrected chi connectivity index (χ4v) is 2.80. The van der Waals surface area contributed by atoms with Gasteiger partial charge >= 0.3 is 0 Å². The third-order valence-corrected chi connectivity index (χ3v) is 4.41. The van der Waals surface area contributed by atoms with Crippen LogP contribution in [0.2, 0.25) is 0 Å². The van der Waals surface area contributed by atoms with Crippen LogP contribution in [0.15, 0.2) is 77.9 Å². The first kappa shape index (κ1) is 21.9. The molecule has 0 aliphatic rings. The van der Waals surface area contributed by atoms with Gasteiger partial charge in [-0.3, -0.25) is 4.79 Å². The number of amides is 1. The summed E-state index contributed by atoms with van der Waals surface area (Å²) in [5.41, 5.74) is 6.45. The Morgan fingerprint density at radius 2 is 1.74 bits per heavy atom. The summed E-state index contributed by atoms with van der Waals surface area (Å²) in [6.07, 6.45) is 1.58. The number of carbonyl (C=O) groups excluding carboxylic acids is 1. The predicted octanol–water partition coefficient (Wildman–Crippen LogP) is 4.53. The fraction of sp³-hybridized carbons (Fsp3) is 0.200. The molecule has 6 heteroatoms. The van der Waals surface area contributed by atoms with Crippen molar-refractivity contribution in [1.82, 2.24) is 5.43 Å². The molecule has 1 amide bonds. The molecular formula is C25H27N3O3. The van der Waals surface area contributed by atoms with Crippen molar-refractivity contribution in [2.45, 2.75) is 20.5 Å². The molecule has 0 heterocycles. The lowest BCUT2D eigenvalue weighted by Gasteiger charge is -2.12. The van der Waals surface area contributed by atoms with E-state index in [1.54, 1.807) is 6.21 Å². The Labute approximate surface area is 182 Å². The van der Waals surface area contributed by atoms with E-state index < -0.39 is 0 Å². The molecule has 0 aromatic heterocycles. The third-order valence-electron chi connectivity index (χ3n) is 4.41. The van der Waals surface area contributed by atoms with E-state index in [1.807, 2.05) is 86.6 Å². The normalized spacial score (nSPS) is 10.6. The van der Waals surface area contributed by atoms with Gasteiger partial charge in [-0.05, 0) is 55.3 Å². The van der Waals surface area contributed by atoms with Gasteiger partial charge in [0.25, 0.3) is 5.91 Å². The van der Waals surface area contributed by atoms with Gasteiger partial charge in [0.1, 0.15) is 6.61 Å². The second kappa shape index (κ2) is 11.4. The zero-order valence-electron chi connectivity index (χ0n) is 17.8. The highest BCUT2D eigenvalue weighted by atomic mass is 16.5. The van der Waals surface area contributed by atoms with Crippen molar-refractivity contribution >= 4 is 17.8 Å². The lowest BCUT2D eigenvalue weighted by molar-refractivity contribution is -0.119. The zero-order chi connectivity index (χ0) is 21.9. The number of aryl methyl sites for hydroxylation is 1. The molecular weight excluding hydrogens is 390 g/mol. The number of anilines is 1. The first-order chi connectivity index (χ1) is 15.1. The van der Waals surface area contributed by atoms with Crippen LogP contribution < -0.4 is 20.2 Å². The van der Waals surface area contributed by atoms with E-state index in [4.69, 9.17) is 9.47 Å². The smallest absolute Gasteiger partial charge is 0.259 e. The van der Waals surface area contributed by atoms with Crippen LogP contribution >= 0.6 is 0 Å². The van der Waals surface area contributed by atoms with Gasteiger partial charge in [-0.25, -0.2) is 5.43 Å². The summed E-state index contributed by atoms with van der Waals surface area (Å²) in [5.74, 6) is 1.06. The summed E-state index contributed by atoms with van der Waals surface area (Å²) in [6, 6.07) is 23.3. The largest absolute Gasteiger partial charge is 0.490 e. The standard InChI is InChI=1S/C25H27N3O3/c1-3-30-24-15-21(11-14-23(24)31-18-20-7-5-4-6-8-20)16-27-28-25(29)17-26-22-12-9-19(2)10-13-22/h4-16,26H,3,17-18H2,1-2H3,(H,28,29)/b27-16+. The summed E-state index contributed by atoms with van der Waals surface area (Å²) < 4.78 is 11.6. The highest BCUT2D eigenvalue weighted by molar-refractivity contribution is 5.84. The van der Waals surface area contributed by atoms with Gasteiger partial charge in [0, 0.05) is 5.69 Å². The number of nitrogens with one attached hydrogen (secondary N) is 2. The predicted molar refractivity (Wildman–Crippen MR) is 124 cm³/mol. The molecule has 6 nitrogen and oxygen atoms in total. The molecule has 3 aromatic rings. The molecule has 3 aromatic carbocycles. The van der Waals surface area contributed by atoms with Crippen LogP contribution in [0.5, 0.6) is 11.5 Å². The van der Waals surface area contributed by atoms with Crippen LogP contribution in [0, 0.1) is 6.92 Å². The Bertz CT molecular complexity index is 1000. The van der Waals surface area contributed by atoms with Crippen LogP contribution in [-0.2, 0) is 11.4 Å². The van der Waals surface area contributed by atoms with E-state index >= 15 is 0 Å². The van der Waals surface area contributed by atoms with Gasteiger partial charge < -0.3 is 14.8 Å². The summed E-state index contributed by atoms with van der Waals surface area (Å²) in [4.78, 5) is 12.0. The molecule has 0 aliphatic carbocycles. The topological polar surface area (TPSA) is 72.0 Å². The van der Waals surface area contributed by atoms with Crippen molar-refractivity contribution in [1.29, 1.82) is 0 Å². The van der Waals surface area contributed by atoms with Gasteiger partial charge in [-0.15, -0.1) is 0 Å². The molecule has 0 unspecified atom stereocenters. The number of hydrazone groups is 1. The first-order valence-electron chi connectivity index (χ1n) is 10.2. The van der Waals surface area contributed by atoms with Crippen molar-refractivity contribution in [3.63, 3.8) is 0 Å². The maximum absolute atomic E-state index is 12.0. The van der Waals surface area contributed by atoms with E-state index in [9.17, 15) is 4.79 Å². The zero-order valence-corrected chi connectivity index (χ0v) is 17.8.